The zero-order valence-electron chi connectivity index (χ0n) is 20.1. The van der Waals surface area contributed by atoms with Crippen LogP contribution >= 0.6 is 23.2 Å². The first-order valence-corrected chi connectivity index (χ1v) is 11.7. The summed E-state index contributed by atoms with van der Waals surface area (Å²) >= 11 is 11.7. The van der Waals surface area contributed by atoms with Gasteiger partial charge in [0.25, 0.3) is 5.91 Å². The van der Waals surface area contributed by atoms with Crippen LogP contribution in [0.3, 0.4) is 0 Å². The Hall–Kier alpha value is -3.96. The molecule has 0 radical (unpaired) electrons. The number of hydrogen-bond donors (Lipinski definition) is 4. The summed E-state index contributed by atoms with van der Waals surface area (Å²) in [6, 6.07) is 6.38. The van der Waals surface area contributed by atoms with Crippen LogP contribution in [0, 0.1) is 0 Å². The van der Waals surface area contributed by atoms with E-state index in [2.05, 4.69) is 21.2 Å². The number of nitrogens with zero attached hydrogens (tertiary/aromatic N) is 1. The topological polar surface area (TPSA) is 148 Å². The van der Waals surface area contributed by atoms with Gasteiger partial charge >= 0.3 is 12.0 Å². The van der Waals surface area contributed by atoms with Crippen LogP contribution in [0.15, 0.2) is 46.7 Å². The first kappa shape index (κ1) is 27.6. The molecule has 1 heterocycles. The molecule has 11 nitrogen and oxygen atoms in total. The van der Waals surface area contributed by atoms with Crippen molar-refractivity contribution in [2.75, 3.05) is 20.3 Å². The Bertz CT molecular complexity index is 1260. The van der Waals surface area contributed by atoms with E-state index in [0.29, 0.717) is 16.8 Å². The van der Waals surface area contributed by atoms with Gasteiger partial charge in [0, 0.05) is 5.70 Å². The average Bonchev–Trinajstić information content (AvgIpc) is 2.85. The Labute approximate surface area is 222 Å². The Balaban J connectivity index is 1.69. The van der Waals surface area contributed by atoms with Crippen LogP contribution in [-0.4, -0.2) is 49.6 Å². The highest BCUT2D eigenvalue weighted by Crippen LogP contribution is 2.35. The molecule has 2 aromatic carbocycles. The zero-order valence-corrected chi connectivity index (χ0v) is 21.6. The van der Waals surface area contributed by atoms with Crippen molar-refractivity contribution in [2.24, 2.45) is 5.10 Å². The Morgan fingerprint density at radius 2 is 1.89 bits per heavy atom. The average molecular weight is 551 g/mol. The number of hydrogen-bond acceptors (Lipinski definition) is 8. The molecule has 13 heteroatoms. The molecule has 0 saturated carbocycles. The van der Waals surface area contributed by atoms with Crippen molar-refractivity contribution < 1.29 is 33.7 Å². The molecule has 3 rings (SSSR count). The number of nitrogens with one attached hydrogen (secondary N) is 3. The number of carbonyl (C=O) groups is 3. The number of amides is 3. The second-order valence-corrected chi connectivity index (χ2v) is 8.43. The number of benzene rings is 2. The monoisotopic (exact) mass is 550 g/mol. The van der Waals surface area contributed by atoms with Gasteiger partial charge in [0.2, 0.25) is 0 Å². The van der Waals surface area contributed by atoms with Gasteiger partial charge in [-0.25, -0.2) is 15.0 Å². The summed E-state index contributed by atoms with van der Waals surface area (Å²) in [6.07, 6.45) is 1.30. The molecule has 0 unspecified atom stereocenters. The molecule has 0 aromatic heterocycles. The van der Waals surface area contributed by atoms with E-state index in [1.807, 2.05) is 0 Å². The van der Waals surface area contributed by atoms with E-state index in [1.54, 1.807) is 32.0 Å². The quantitative estimate of drug-likeness (QED) is 0.212. The minimum Gasteiger partial charge on any atom is -0.505 e. The smallest absolute Gasteiger partial charge is 0.338 e. The number of carbonyl (C=O) groups excluding carboxylic acids is 3. The molecule has 0 spiro atoms. The van der Waals surface area contributed by atoms with Crippen molar-refractivity contribution >= 4 is 47.3 Å². The first-order valence-electron chi connectivity index (χ1n) is 10.9. The maximum atomic E-state index is 12.5. The number of rotatable bonds is 9. The molecule has 1 aliphatic heterocycles. The minimum atomic E-state index is -0.782. The van der Waals surface area contributed by atoms with Crippen molar-refractivity contribution in [2.45, 2.75) is 19.9 Å². The summed E-state index contributed by atoms with van der Waals surface area (Å²) in [6.45, 7) is 3.09. The number of esters is 1. The Kier molecular flexibility index (Phi) is 9.20. The number of allylic oxidation sites excluding steroid dienone is 1. The molecule has 4 N–H and O–H groups in total. The van der Waals surface area contributed by atoms with Gasteiger partial charge < -0.3 is 30.0 Å². The fourth-order valence-electron chi connectivity index (χ4n) is 3.42. The molecular formula is C24H24Cl2N4O7. The lowest BCUT2D eigenvalue weighted by atomic mass is 9.95. The minimum absolute atomic E-state index is 0.0447. The molecule has 1 atom stereocenters. The van der Waals surface area contributed by atoms with E-state index in [-0.39, 0.29) is 46.1 Å². The first-order chi connectivity index (χ1) is 17.6. The number of hydrazone groups is 1. The summed E-state index contributed by atoms with van der Waals surface area (Å²) in [7, 11) is 1.42. The Morgan fingerprint density at radius 1 is 1.19 bits per heavy atom. The normalized spacial score (nSPS) is 15.2. The van der Waals surface area contributed by atoms with Crippen LogP contribution in [0.1, 0.15) is 31.0 Å². The number of urea groups is 1. The van der Waals surface area contributed by atoms with Crippen LogP contribution in [0.4, 0.5) is 4.79 Å². The predicted octanol–water partition coefficient (Wildman–Crippen LogP) is 3.43. The van der Waals surface area contributed by atoms with Crippen molar-refractivity contribution in [3.8, 4) is 17.2 Å². The van der Waals surface area contributed by atoms with Crippen LogP contribution < -0.4 is 25.5 Å². The van der Waals surface area contributed by atoms with Gasteiger partial charge in [-0.1, -0.05) is 29.3 Å². The van der Waals surface area contributed by atoms with Crippen molar-refractivity contribution in [3.63, 3.8) is 0 Å². The summed E-state index contributed by atoms with van der Waals surface area (Å²) in [5.41, 5.74) is 3.93. The summed E-state index contributed by atoms with van der Waals surface area (Å²) in [5.74, 6) is -0.848. The number of phenolic OH excluding ortho intramolecular Hbond substituents is 1. The molecule has 0 bridgehead atoms. The summed E-state index contributed by atoms with van der Waals surface area (Å²) in [4.78, 5) is 36.7. The molecule has 0 aliphatic carbocycles. The fourth-order valence-corrected chi connectivity index (χ4v) is 3.92. The molecule has 0 fully saturated rings. The lowest BCUT2D eigenvalue weighted by Crippen LogP contribution is -2.45. The van der Waals surface area contributed by atoms with E-state index >= 15 is 0 Å². The van der Waals surface area contributed by atoms with E-state index in [9.17, 15) is 19.5 Å². The number of methoxy groups -OCH3 is 1. The third-order valence-corrected chi connectivity index (χ3v) is 5.66. The lowest BCUT2D eigenvalue weighted by molar-refractivity contribution is -0.139. The highest BCUT2D eigenvalue weighted by atomic mass is 35.5. The molecule has 3 amide bonds. The maximum absolute atomic E-state index is 12.5. The van der Waals surface area contributed by atoms with Gasteiger partial charge in [-0.15, -0.1) is 0 Å². The number of aromatic hydroxyl groups is 1. The second kappa shape index (κ2) is 12.3. The molecular weight excluding hydrogens is 527 g/mol. The number of phenols is 1. The molecule has 0 saturated heterocycles. The van der Waals surface area contributed by atoms with Crippen LogP contribution in [-0.2, 0) is 14.3 Å². The molecule has 196 valence electrons. The Morgan fingerprint density at radius 3 is 2.54 bits per heavy atom. The maximum Gasteiger partial charge on any atom is 0.338 e. The van der Waals surface area contributed by atoms with E-state index < -0.39 is 23.9 Å². The van der Waals surface area contributed by atoms with Crippen LogP contribution in [0.5, 0.6) is 17.2 Å². The molecule has 37 heavy (non-hydrogen) atoms. The van der Waals surface area contributed by atoms with Gasteiger partial charge in [-0.2, -0.15) is 5.10 Å². The van der Waals surface area contributed by atoms with E-state index in [1.165, 1.54) is 25.5 Å². The molecule has 2 aromatic rings. The van der Waals surface area contributed by atoms with Crippen LogP contribution in [0.2, 0.25) is 10.0 Å². The van der Waals surface area contributed by atoms with Crippen molar-refractivity contribution in [1.82, 2.24) is 16.1 Å². The highest BCUT2D eigenvalue weighted by Gasteiger charge is 2.32. The summed E-state index contributed by atoms with van der Waals surface area (Å²) in [5, 5.41) is 18.8. The zero-order chi connectivity index (χ0) is 27.1. The van der Waals surface area contributed by atoms with Crippen molar-refractivity contribution in [3.05, 3.63) is 62.8 Å². The summed E-state index contributed by atoms with van der Waals surface area (Å²) < 4.78 is 16.1. The number of halogens is 2. The number of ether oxygens (including phenoxy) is 3. The van der Waals surface area contributed by atoms with Gasteiger partial charge in [0.1, 0.15) is 0 Å². The third-order valence-electron chi connectivity index (χ3n) is 5.09. The van der Waals surface area contributed by atoms with E-state index in [0.717, 1.165) is 0 Å². The van der Waals surface area contributed by atoms with Gasteiger partial charge in [0.15, 0.2) is 23.9 Å². The second-order valence-electron chi connectivity index (χ2n) is 7.62. The highest BCUT2D eigenvalue weighted by molar-refractivity contribution is 6.37. The van der Waals surface area contributed by atoms with Crippen molar-refractivity contribution in [1.29, 1.82) is 0 Å². The fraction of sp³-hybridized carbons (Fsp3) is 0.250. The molecule has 1 aliphatic rings. The van der Waals surface area contributed by atoms with Crippen LogP contribution in [0.25, 0.3) is 0 Å². The third kappa shape index (κ3) is 6.83. The van der Waals surface area contributed by atoms with Gasteiger partial charge in [0.05, 0.1) is 41.6 Å². The SMILES string of the molecule is CCOC(=O)C1=C(C)NC(=O)N[C@H]1c1ccc(OCC(=O)N/N=C\c2cc(Cl)c(O)c(Cl)c2)c(OC)c1. The van der Waals surface area contributed by atoms with E-state index in [4.69, 9.17) is 37.4 Å². The predicted molar refractivity (Wildman–Crippen MR) is 136 cm³/mol. The lowest BCUT2D eigenvalue weighted by Gasteiger charge is -2.28. The largest absolute Gasteiger partial charge is 0.505 e. The van der Waals surface area contributed by atoms with Gasteiger partial charge in [-0.3, -0.25) is 4.79 Å². The standard InChI is InChI=1S/C24H24Cl2N4O7/c1-4-36-23(33)20-12(2)28-24(34)29-21(20)14-5-6-17(18(9-14)35-3)37-11-19(31)30-27-10-13-7-15(25)22(32)16(26)8-13/h5-10,21,32H,4,11H2,1-3H3,(H,30,31)(H2,28,29,34)/b27-10-/t21-/m0/s1. The van der Waals surface area contributed by atoms with Gasteiger partial charge in [-0.05, 0) is 49.2 Å².